The predicted molar refractivity (Wildman–Crippen MR) is 105 cm³/mol. The van der Waals surface area contributed by atoms with Gasteiger partial charge in [-0.3, -0.25) is 4.79 Å². The number of rotatable bonds is 4. The van der Waals surface area contributed by atoms with E-state index in [1.807, 2.05) is 26.0 Å². The number of amides is 1. The standard InChI is InChI=1S/C20H24ClN3O2/c1-12-8-16(9-13(2)20(12)23-19(26)10-14(3)25)24-7-6-17-15(11-24)4-5-18(21)22-17/h4-5,8-9,14,25H,6-7,10-11H2,1-3H3,(H,23,26). The van der Waals surface area contributed by atoms with Gasteiger partial charge in [-0.1, -0.05) is 17.7 Å². The largest absolute Gasteiger partial charge is 0.393 e. The molecule has 1 unspecified atom stereocenters. The van der Waals surface area contributed by atoms with Gasteiger partial charge in [0, 0.05) is 36.6 Å². The minimum Gasteiger partial charge on any atom is -0.393 e. The van der Waals surface area contributed by atoms with E-state index >= 15 is 0 Å². The number of benzene rings is 1. The van der Waals surface area contributed by atoms with E-state index in [4.69, 9.17) is 11.6 Å². The van der Waals surface area contributed by atoms with Gasteiger partial charge in [0.1, 0.15) is 5.15 Å². The lowest BCUT2D eigenvalue weighted by Gasteiger charge is -2.31. The van der Waals surface area contributed by atoms with Crippen LogP contribution in [-0.4, -0.2) is 28.6 Å². The zero-order chi connectivity index (χ0) is 18.8. The van der Waals surface area contributed by atoms with E-state index in [1.54, 1.807) is 6.92 Å². The van der Waals surface area contributed by atoms with E-state index < -0.39 is 6.10 Å². The second-order valence-corrected chi connectivity index (χ2v) is 7.35. The number of halogens is 1. The normalized spacial score (nSPS) is 14.7. The number of aliphatic hydroxyl groups excluding tert-OH is 1. The Morgan fingerprint density at radius 2 is 2.04 bits per heavy atom. The number of aryl methyl sites for hydroxylation is 2. The Balaban J connectivity index is 1.80. The number of nitrogens with zero attached hydrogens (tertiary/aromatic N) is 2. The average Bonchev–Trinajstić information content (AvgIpc) is 2.56. The van der Waals surface area contributed by atoms with Gasteiger partial charge >= 0.3 is 0 Å². The van der Waals surface area contributed by atoms with Crippen molar-refractivity contribution in [3.8, 4) is 0 Å². The van der Waals surface area contributed by atoms with Crippen molar-refractivity contribution in [3.05, 3.63) is 51.8 Å². The number of anilines is 2. The third kappa shape index (κ3) is 4.17. The number of fused-ring (bicyclic) bond motifs is 1. The number of hydrogen-bond acceptors (Lipinski definition) is 4. The molecule has 1 aromatic carbocycles. The van der Waals surface area contributed by atoms with Crippen LogP contribution in [0.15, 0.2) is 24.3 Å². The maximum absolute atomic E-state index is 12.0. The zero-order valence-electron chi connectivity index (χ0n) is 15.3. The van der Waals surface area contributed by atoms with Crippen LogP contribution >= 0.6 is 11.6 Å². The number of carbonyl (C=O) groups excluding carboxylic acids is 1. The van der Waals surface area contributed by atoms with Gasteiger partial charge in [0.15, 0.2) is 0 Å². The lowest BCUT2D eigenvalue weighted by atomic mass is 10.0. The quantitative estimate of drug-likeness (QED) is 0.803. The molecule has 2 N–H and O–H groups in total. The lowest BCUT2D eigenvalue weighted by Crippen LogP contribution is -2.31. The molecule has 26 heavy (non-hydrogen) atoms. The summed E-state index contributed by atoms with van der Waals surface area (Å²) in [6.07, 6.45) is 0.311. The fourth-order valence-electron chi connectivity index (χ4n) is 3.39. The first-order valence-electron chi connectivity index (χ1n) is 8.82. The third-order valence-electron chi connectivity index (χ3n) is 4.64. The molecule has 6 heteroatoms. The van der Waals surface area contributed by atoms with E-state index in [2.05, 4.69) is 27.3 Å². The van der Waals surface area contributed by atoms with Crippen LogP contribution in [0.1, 0.15) is 35.7 Å². The summed E-state index contributed by atoms with van der Waals surface area (Å²) < 4.78 is 0. The van der Waals surface area contributed by atoms with Gasteiger partial charge < -0.3 is 15.3 Å². The van der Waals surface area contributed by atoms with Crippen LogP contribution in [0, 0.1) is 13.8 Å². The Hall–Kier alpha value is -2.11. The smallest absolute Gasteiger partial charge is 0.226 e. The topological polar surface area (TPSA) is 65.5 Å². The molecule has 138 valence electrons. The van der Waals surface area contributed by atoms with E-state index in [9.17, 15) is 9.90 Å². The summed E-state index contributed by atoms with van der Waals surface area (Å²) in [5, 5.41) is 12.8. The molecule has 3 rings (SSSR count). The van der Waals surface area contributed by atoms with Crippen LogP contribution in [0.4, 0.5) is 11.4 Å². The number of hydrogen-bond donors (Lipinski definition) is 2. The van der Waals surface area contributed by atoms with Crippen molar-refractivity contribution in [3.63, 3.8) is 0 Å². The average molecular weight is 374 g/mol. The van der Waals surface area contributed by atoms with Crippen molar-refractivity contribution in [2.24, 2.45) is 0 Å². The van der Waals surface area contributed by atoms with E-state index in [0.717, 1.165) is 47.7 Å². The molecule has 2 heterocycles. The summed E-state index contributed by atoms with van der Waals surface area (Å²) in [6.45, 7) is 7.28. The SMILES string of the molecule is Cc1cc(N2CCc3nc(Cl)ccc3C2)cc(C)c1NC(=O)CC(C)O. The molecule has 0 bridgehead atoms. The highest BCUT2D eigenvalue weighted by atomic mass is 35.5. The van der Waals surface area contributed by atoms with E-state index in [0.29, 0.717) is 5.15 Å². The highest BCUT2D eigenvalue weighted by molar-refractivity contribution is 6.29. The van der Waals surface area contributed by atoms with Gasteiger partial charge in [0.05, 0.1) is 12.5 Å². The highest BCUT2D eigenvalue weighted by Crippen LogP contribution is 2.30. The Bertz CT molecular complexity index is 813. The first-order valence-corrected chi connectivity index (χ1v) is 9.19. The third-order valence-corrected chi connectivity index (χ3v) is 4.85. The van der Waals surface area contributed by atoms with E-state index in [1.165, 1.54) is 5.56 Å². The minimum atomic E-state index is -0.648. The zero-order valence-corrected chi connectivity index (χ0v) is 16.1. The van der Waals surface area contributed by atoms with Crippen molar-refractivity contribution in [1.29, 1.82) is 0 Å². The lowest BCUT2D eigenvalue weighted by molar-refractivity contribution is -0.117. The van der Waals surface area contributed by atoms with Crippen LogP contribution in [0.5, 0.6) is 0 Å². The molecule has 1 aliphatic rings. The van der Waals surface area contributed by atoms with Crippen molar-refractivity contribution in [2.45, 2.75) is 46.3 Å². The van der Waals surface area contributed by atoms with Gasteiger partial charge in [-0.2, -0.15) is 0 Å². The maximum Gasteiger partial charge on any atom is 0.226 e. The van der Waals surface area contributed by atoms with Crippen molar-refractivity contribution in [2.75, 3.05) is 16.8 Å². The molecule has 1 aliphatic heterocycles. The summed E-state index contributed by atoms with van der Waals surface area (Å²) in [6, 6.07) is 8.07. The molecule has 1 aromatic heterocycles. The second kappa shape index (κ2) is 7.64. The van der Waals surface area contributed by atoms with Crippen LogP contribution in [0.25, 0.3) is 0 Å². The van der Waals surface area contributed by atoms with Crippen LogP contribution in [0.3, 0.4) is 0 Å². The fourth-order valence-corrected chi connectivity index (χ4v) is 3.55. The molecule has 2 aromatic rings. The molecule has 1 amide bonds. The van der Waals surface area contributed by atoms with Gasteiger partial charge in [-0.25, -0.2) is 4.98 Å². The van der Waals surface area contributed by atoms with Crippen molar-refractivity contribution in [1.82, 2.24) is 4.98 Å². The van der Waals surface area contributed by atoms with Gasteiger partial charge in [0.2, 0.25) is 5.91 Å². The molecule has 0 aliphatic carbocycles. The van der Waals surface area contributed by atoms with Crippen molar-refractivity contribution >= 4 is 28.9 Å². The Morgan fingerprint density at radius 3 is 2.69 bits per heavy atom. The van der Waals surface area contributed by atoms with Gasteiger partial charge in [0.25, 0.3) is 0 Å². The summed E-state index contributed by atoms with van der Waals surface area (Å²) >= 11 is 5.99. The molecule has 0 fully saturated rings. The fraction of sp³-hybridized carbons (Fsp3) is 0.400. The predicted octanol–water partition coefficient (Wildman–Crippen LogP) is 3.62. The summed E-state index contributed by atoms with van der Waals surface area (Å²) in [5.74, 6) is -0.172. The first kappa shape index (κ1) is 18.7. The van der Waals surface area contributed by atoms with E-state index in [-0.39, 0.29) is 12.3 Å². The molecule has 0 saturated carbocycles. The Labute approximate surface area is 159 Å². The number of aliphatic hydroxyl groups is 1. The summed E-state index contributed by atoms with van der Waals surface area (Å²) in [4.78, 5) is 18.7. The first-order chi connectivity index (χ1) is 12.3. The Morgan fingerprint density at radius 1 is 1.35 bits per heavy atom. The highest BCUT2D eigenvalue weighted by Gasteiger charge is 2.19. The second-order valence-electron chi connectivity index (χ2n) is 6.97. The molecule has 0 saturated heterocycles. The van der Waals surface area contributed by atoms with Gasteiger partial charge in [-0.15, -0.1) is 0 Å². The maximum atomic E-state index is 12.0. The molecular formula is C20H24ClN3O2. The van der Waals surface area contributed by atoms with Crippen LogP contribution < -0.4 is 10.2 Å². The molecule has 0 spiro atoms. The molecule has 5 nitrogen and oxygen atoms in total. The Kier molecular flexibility index (Phi) is 5.49. The molecule has 1 atom stereocenters. The summed E-state index contributed by atoms with van der Waals surface area (Å²) in [5.41, 5.74) is 6.26. The van der Waals surface area contributed by atoms with Crippen LogP contribution in [0.2, 0.25) is 5.15 Å². The number of nitrogens with one attached hydrogen (secondary N) is 1. The van der Waals surface area contributed by atoms with Gasteiger partial charge in [-0.05, 0) is 55.7 Å². The van der Waals surface area contributed by atoms with Crippen LogP contribution in [-0.2, 0) is 17.8 Å². The molecular weight excluding hydrogens is 350 g/mol. The monoisotopic (exact) mass is 373 g/mol. The van der Waals surface area contributed by atoms with Crippen molar-refractivity contribution < 1.29 is 9.90 Å². The number of pyridine rings is 1. The summed E-state index contributed by atoms with van der Waals surface area (Å²) in [7, 11) is 0. The number of aromatic nitrogens is 1. The minimum absolute atomic E-state index is 0.0963. The molecule has 0 radical (unpaired) electrons. The number of carbonyl (C=O) groups is 1.